The molecule has 0 bridgehead atoms. The number of aliphatic carboxylic acids is 2. The molecule has 0 aliphatic rings. The number of carboxylic acid groups (broad SMARTS) is 2. The van der Waals surface area contributed by atoms with E-state index in [4.69, 9.17) is 10.2 Å². The lowest BCUT2D eigenvalue weighted by Gasteiger charge is -2.07. The largest absolute Gasteiger partial charge is 0.481 e. The van der Waals surface area contributed by atoms with Crippen LogP contribution in [0, 0.1) is 5.92 Å². The maximum absolute atomic E-state index is 10.4. The number of rotatable bonds is 5. The van der Waals surface area contributed by atoms with E-state index in [-0.39, 0.29) is 12.8 Å². The fourth-order valence-corrected chi connectivity index (χ4v) is 1.12. The number of carbonyl (C=O) groups is 2. The first kappa shape index (κ1) is 11.2. The summed E-state index contributed by atoms with van der Waals surface area (Å²) >= 11 is 2.98. The standard InChI is InChI=1S/C7H9BrO4/c1-4(8)2-5(7(11)12)3-6(9)10/h5H,1-3H2,(H,9,10)(H,11,12)/t5-/m0/s1. The van der Waals surface area contributed by atoms with Crippen molar-refractivity contribution in [3.05, 3.63) is 11.1 Å². The molecule has 0 aromatic rings. The highest BCUT2D eigenvalue weighted by atomic mass is 79.9. The maximum Gasteiger partial charge on any atom is 0.307 e. The molecule has 0 heterocycles. The Bertz CT molecular complexity index is 195. The molecule has 0 aromatic heterocycles. The summed E-state index contributed by atoms with van der Waals surface area (Å²) in [6, 6.07) is 0. The number of halogens is 1. The third kappa shape index (κ3) is 4.90. The molecule has 0 saturated heterocycles. The molecule has 0 fully saturated rings. The maximum atomic E-state index is 10.4. The smallest absolute Gasteiger partial charge is 0.307 e. The quantitative estimate of drug-likeness (QED) is 0.758. The number of carboxylic acids is 2. The number of hydrogen-bond acceptors (Lipinski definition) is 2. The molecule has 5 heteroatoms. The van der Waals surface area contributed by atoms with Crippen LogP contribution in [-0.4, -0.2) is 22.2 Å². The summed E-state index contributed by atoms with van der Waals surface area (Å²) in [5.74, 6) is -3.12. The number of hydrogen-bond donors (Lipinski definition) is 2. The van der Waals surface area contributed by atoms with Crippen molar-refractivity contribution in [2.24, 2.45) is 5.92 Å². The fraction of sp³-hybridized carbons (Fsp3) is 0.429. The third-order valence-corrected chi connectivity index (χ3v) is 1.56. The predicted octanol–water partition coefficient (Wildman–Crippen LogP) is 1.46. The Labute approximate surface area is 78.0 Å². The van der Waals surface area contributed by atoms with Crippen LogP contribution in [0.1, 0.15) is 12.8 Å². The molecule has 0 aliphatic carbocycles. The summed E-state index contributed by atoms with van der Waals surface area (Å²) in [4.78, 5) is 20.6. The summed E-state index contributed by atoms with van der Waals surface area (Å²) in [7, 11) is 0. The van der Waals surface area contributed by atoms with E-state index in [9.17, 15) is 9.59 Å². The van der Waals surface area contributed by atoms with Crippen LogP contribution in [0.25, 0.3) is 0 Å². The van der Waals surface area contributed by atoms with E-state index >= 15 is 0 Å². The second kappa shape index (κ2) is 4.92. The van der Waals surface area contributed by atoms with E-state index in [0.29, 0.717) is 4.48 Å². The first-order valence-electron chi connectivity index (χ1n) is 3.21. The molecule has 0 rings (SSSR count). The topological polar surface area (TPSA) is 74.6 Å². The van der Waals surface area contributed by atoms with Crippen molar-refractivity contribution in [3.63, 3.8) is 0 Å². The lowest BCUT2D eigenvalue weighted by atomic mass is 10.0. The van der Waals surface area contributed by atoms with E-state index in [2.05, 4.69) is 22.5 Å². The average molecular weight is 237 g/mol. The van der Waals surface area contributed by atoms with Gasteiger partial charge in [0.2, 0.25) is 0 Å². The highest BCUT2D eigenvalue weighted by molar-refractivity contribution is 9.11. The monoisotopic (exact) mass is 236 g/mol. The van der Waals surface area contributed by atoms with Gasteiger partial charge in [-0.3, -0.25) is 9.59 Å². The molecule has 0 unspecified atom stereocenters. The van der Waals surface area contributed by atoms with Crippen LogP contribution >= 0.6 is 15.9 Å². The first-order chi connectivity index (χ1) is 5.43. The van der Waals surface area contributed by atoms with Crippen molar-refractivity contribution in [1.29, 1.82) is 0 Å². The first-order valence-corrected chi connectivity index (χ1v) is 4.00. The van der Waals surface area contributed by atoms with Crippen LogP contribution in [0.5, 0.6) is 0 Å². The van der Waals surface area contributed by atoms with Gasteiger partial charge in [-0.2, -0.15) is 0 Å². The van der Waals surface area contributed by atoms with Crippen molar-refractivity contribution in [3.8, 4) is 0 Å². The van der Waals surface area contributed by atoms with Crippen LogP contribution in [0.15, 0.2) is 11.1 Å². The van der Waals surface area contributed by atoms with E-state index in [0.717, 1.165) is 0 Å². The Morgan fingerprint density at radius 1 is 1.33 bits per heavy atom. The highest BCUT2D eigenvalue weighted by Gasteiger charge is 2.20. The lowest BCUT2D eigenvalue weighted by molar-refractivity contribution is -0.148. The molecule has 12 heavy (non-hydrogen) atoms. The summed E-state index contributed by atoms with van der Waals surface area (Å²) in [5, 5.41) is 16.9. The van der Waals surface area contributed by atoms with Crippen molar-refractivity contribution in [2.75, 3.05) is 0 Å². The number of allylic oxidation sites excluding steroid dienone is 1. The van der Waals surface area contributed by atoms with Crippen LogP contribution in [-0.2, 0) is 9.59 Å². The van der Waals surface area contributed by atoms with Gasteiger partial charge in [-0.1, -0.05) is 22.5 Å². The molecular weight excluding hydrogens is 228 g/mol. The van der Waals surface area contributed by atoms with Crippen molar-refractivity contribution in [1.82, 2.24) is 0 Å². The molecular formula is C7H9BrO4. The Morgan fingerprint density at radius 3 is 2.08 bits per heavy atom. The zero-order chi connectivity index (χ0) is 9.72. The molecule has 0 saturated carbocycles. The lowest BCUT2D eigenvalue weighted by Crippen LogP contribution is -2.17. The SMILES string of the molecule is C=C(Br)C[C@@H](CC(=O)O)C(=O)O. The minimum atomic E-state index is -1.11. The molecule has 0 spiro atoms. The molecule has 2 N–H and O–H groups in total. The van der Waals surface area contributed by atoms with Gasteiger partial charge < -0.3 is 10.2 Å². The summed E-state index contributed by atoms with van der Waals surface area (Å²) in [6.45, 7) is 3.45. The van der Waals surface area contributed by atoms with E-state index in [1.54, 1.807) is 0 Å². The molecule has 0 amide bonds. The summed E-state index contributed by atoms with van der Waals surface area (Å²) in [6.07, 6.45) is -0.235. The van der Waals surface area contributed by atoms with Gasteiger partial charge in [0, 0.05) is 0 Å². The Hall–Kier alpha value is -0.840. The van der Waals surface area contributed by atoms with Crippen molar-refractivity contribution < 1.29 is 19.8 Å². The Balaban J connectivity index is 4.14. The van der Waals surface area contributed by atoms with Gasteiger partial charge in [-0.15, -0.1) is 0 Å². The highest BCUT2D eigenvalue weighted by Crippen LogP contribution is 2.18. The van der Waals surface area contributed by atoms with Crippen LogP contribution < -0.4 is 0 Å². The second-order valence-corrected chi connectivity index (χ2v) is 3.48. The normalized spacial score (nSPS) is 12.1. The molecule has 0 aliphatic heterocycles. The molecule has 4 nitrogen and oxygen atoms in total. The average Bonchev–Trinajstić information content (AvgIpc) is 1.83. The molecule has 0 aromatic carbocycles. The molecule has 0 radical (unpaired) electrons. The van der Waals surface area contributed by atoms with Gasteiger partial charge in [0.25, 0.3) is 0 Å². The Kier molecular flexibility index (Phi) is 4.58. The second-order valence-electron chi connectivity index (χ2n) is 2.35. The summed E-state index contributed by atoms with van der Waals surface area (Å²) in [5.41, 5.74) is 0. The zero-order valence-corrected chi connectivity index (χ0v) is 7.87. The molecule has 1 atom stereocenters. The van der Waals surface area contributed by atoms with Crippen molar-refractivity contribution >= 4 is 27.9 Å². The van der Waals surface area contributed by atoms with Gasteiger partial charge in [-0.25, -0.2) is 0 Å². The minimum absolute atomic E-state index is 0.141. The molecule has 68 valence electrons. The van der Waals surface area contributed by atoms with Crippen LogP contribution in [0.4, 0.5) is 0 Å². The van der Waals surface area contributed by atoms with Crippen LogP contribution in [0.3, 0.4) is 0 Å². The third-order valence-electron chi connectivity index (χ3n) is 1.24. The van der Waals surface area contributed by atoms with Gasteiger partial charge >= 0.3 is 11.9 Å². The van der Waals surface area contributed by atoms with Crippen LogP contribution in [0.2, 0.25) is 0 Å². The predicted molar refractivity (Wildman–Crippen MR) is 46.1 cm³/mol. The summed E-state index contributed by atoms with van der Waals surface area (Å²) < 4.78 is 0.496. The zero-order valence-electron chi connectivity index (χ0n) is 6.29. The van der Waals surface area contributed by atoms with Gasteiger partial charge in [0.15, 0.2) is 0 Å². The fourth-order valence-electron chi connectivity index (χ4n) is 0.725. The minimum Gasteiger partial charge on any atom is -0.481 e. The van der Waals surface area contributed by atoms with Gasteiger partial charge in [0.1, 0.15) is 0 Å². The van der Waals surface area contributed by atoms with E-state index in [1.165, 1.54) is 0 Å². The Morgan fingerprint density at radius 2 is 1.83 bits per heavy atom. The van der Waals surface area contributed by atoms with Gasteiger partial charge in [-0.05, 0) is 10.9 Å². The van der Waals surface area contributed by atoms with E-state index in [1.807, 2.05) is 0 Å². The van der Waals surface area contributed by atoms with Gasteiger partial charge in [0.05, 0.1) is 12.3 Å². The van der Waals surface area contributed by atoms with E-state index < -0.39 is 17.9 Å². The van der Waals surface area contributed by atoms with Crippen molar-refractivity contribution in [2.45, 2.75) is 12.8 Å².